The monoisotopic (exact) mass is 207 g/mol. The molecule has 1 aromatic heterocycles. The topological polar surface area (TPSA) is 37.8 Å². The molecule has 0 spiro atoms. The lowest BCUT2D eigenvalue weighted by molar-refractivity contribution is 1.04. The summed E-state index contributed by atoms with van der Waals surface area (Å²) in [5, 5.41) is 3.20. The molecular formula is C10H13N3S. The molecule has 0 fully saturated rings. The maximum absolute atomic E-state index is 5.13. The first kappa shape index (κ1) is 10.9. The highest BCUT2D eigenvalue weighted by Gasteiger charge is 1.93. The van der Waals surface area contributed by atoms with E-state index in [-0.39, 0.29) is 0 Å². The Bertz CT molecular complexity index is 319. The number of anilines is 1. The van der Waals surface area contributed by atoms with Crippen LogP contribution in [0.15, 0.2) is 12.3 Å². The van der Waals surface area contributed by atoms with E-state index in [1.54, 1.807) is 18.0 Å². The minimum Gasteiger partial charge on any atom is -0.369 e. The number of hydrogen-bond donors (Lipinski definition) is 1. The molecule has 0 aliphatic carbocycles. The van der Waals surface area contributed by atoms with Gasteiger partial charge in [-0.3, -0.25) is 0 Å². The van der Waals surface area contributed by atoms with Gasteiger partial charge in [-0.1, -0.05) is 5.92 Å². The molecule has 0 saturated heterocycles. The predicted molar refractivity (Wildman–Crippen MR) is 61.4 cm³/mol. The molecule has 0 bridgehead atoms. The second-order valence-corrected chi connectivity index (χ2v) is 3.78. The van der Waals surface area contributed by atoms with E-state index in [0.29, 0.717) is 0 Å². The van der Waals surface area contributed by atoms with Crippen molar-refractivity contribution in [3.8, 4) is 12.3 Å². The number of thioether (sulfide) groups is 1. The molecule has 74 valence electrons. The van der Waals surface area contributed by atoms with Crippen molar-refractivity contribution < 1.29 is 0 Å². The molecule has 1 N–H and O–H groups in total. The highest BCUT2D eigenvalue weighted by Crippen LogP contribution is 2.02. The van der Waals surface area contributed by atoms with Crippen LogP contribution in [0.1, 0.15) is 5.82 Å². The molecule has 0 unspecified atom stereocenters. The van der Waals surface area contributed by atoms with Crippen LogP contribution in [0.5, 0.6) is 0 Å². The van der Waals surface area contributed by atoms with Crippen LogP contribution in [0.3, 0.4) is 0 Å². The van der Waals surface area contributed by atoms with Crippen molar-refractivity contribution in [2.24, 2.45) is 0 Å². The Labute approximate surface area is 88.7 Å². The molecule has 4 heteroatoms. The van der Waals surface area contributed by atoms with Crippen molar-refractivity contribution in [3.05, 3.63) is 18.1 Å². The molecule has 1 rings (SSSR count). The fourth-order valence-corrected chi connectivity index (χ4v) is 1.45. The van der Waals surface area contributed by atoms with Crippen molar-refractivity contribution >= 4 is 17.6 Å². The van der Waals surface area contributed by atoms with Crippen LogP contribution < -0.4 is 5.32 Å². The summed E-state index contributed by atoms with van der Waals surface area (Å²) in [6, 6.07) is 1.86. The predicted octanol–water partition coefficient (Wildman–Crippen LogP) is 1.56. The molecule has 0 aliphatic rings. The molecule has 0 atom stereocenters. The van der Waals surface area contributed by atoms with Gasteiger partial charge in [0.25, 0.3) is 0 Å². The smallest absolute Gasteiger partial charge is 0.129 e. The molecule has 0 aliphatic heterocycles. The van der Waals surface area contributed by atoms with Crippen molar-refractivity contribution in [3.63, 3.8) is 0 Å². The maximum Gasteiger partial charge on any atom is 0.129 e. The van der Waals surface area contributed by atoms with Gasteiger partial charge in [0.15, 0.2) is 0 Å². The van der Waals surface area contributed by atoms with Crippen LogP contribution in [0.25, 0.3) is 0 Å². The number of aromatic nitrogens is 2. The first-order valence-corrected chi connectivity index (χ1v) is 5.53. The highest BCUT2D eigenvalue weighted by atomic mass is 32.2. The number of terminal acetylenes is 1. The number of aryl methyl sites for hydroxylation is 1. The van der Waals surface area contributed by atoms with Gasteiger partial charge in [-0.25, -0.2) is 9.97 Å². The van der Waals surface area contributed by atoms with Crippen molar-refractivity contribution in [1.29, 1.82) is 0 Å². The van der Waals surface area contributed by atoms with Gasteiger partial charge in [-0.2, -0.15) is 0 Å². The summed E-state index contributed by atoms with van der Waals surface area (Å²) in [6.07, 6.45) is 6.88. The number of nitrogens with one attached hydrogen (secondary N) is 1. The van der Waals surface area contributed by atoms with Gasteiger partial charge in [0.1, 0.15) is 11.6 Å². The Kier molecular flexibility index (Phi) is 4.87. The lowest BCUT2D eigenvalue weighted by Crippen LogP contribution is -2.06. The molecule has 0 amide bonds. The summed E-state index contributed by atoms with van der Waals surface area (Å²) in [6.45, 7) is 2.75. The zero-order valence-corrected chi connectivity index (χ0v) is 8.97. The normalized spacial score (nSPS) is 9.43. The van der Waals surface area contributed by atoms with Gasteiger partial charge in [0.2, 0.25) is 0 Å². The van der Waals surface area contributed by atoms with Gasteiger partial charge in [-0.15, -0.1) is 18.2 Å². The van der Waals surface area contributed by atoms with Gasteiger partial charge in [-0.05, 0) is 13.0 Å². The minimum absolute atomic E-state index is 0.768. The molecular weight excluding hydrogens is 194 g/mol. The summed E-state index contributed by atoms with van der Waals surface area (Å²) in [7, 11) is 0. The quantitative estimate of drug-likeness (QED) is 0.587. The summed E-state index contributed by atoms with van der Waals surface area (Å²) in [4.78, 5) is 8.23. The van der Waals surface area contributed by atoms with E-state index < -0.39 is 0 Å². The zero-order valence-electron chi connectivity index (χ0n) is 8.16. The Morgan fingerprint density at radius 2 is 2.50 bits per heavy atom. The summed E-state index contributed by atoms with van der Waals surface area (Å²) in [5.41, 5.74) is 0. The van der Waals surface area contributed by atoms with E-state index >= 15 is 0 Å². The van der Waals surface area contributed by atoms with Gasteiger partial charge >= 0.3 is 0 Å². The van der Waals surface area contributed by atoms with E-state index in [2.05, 4.69) is 21.2 Å². The maximum atomic E-state index is 5.13. The summed E-state index contributed by atoms with van der Waals surface area (Å²) < 4.78 is 0. The lowest BCUT2D eigenvalue weighted by Gasteiger charge is -2.04. The molecule has 1 aromatic rings. The van der Waals surface area contributed by atoms with Crippen LogP contribution in [0.2, 0.25) is 0 Å². The standard InChI is InChI=1S/C10H13N3S/c1-3-7-14-8-6-12-10-4-5-11-9(2)13-10/h1,4-5H,6-8H2,2H3,(H,11,12,13). The van der Waals surface area contributed by atoms with Gasteiger partial charge in [0, 0.05) is 18.5 Å². The Hall–Kier alpha value is -1.21. The number of rotatable bonds is 5. The molecule has 0 radical (unpaired) electrons. The molecule has 1 heterocycles. The van der Waals surface area contributed by atoms with Crippen molar-refractivity contribution in [2.45, 2.75) is 6.92 Å². The average Bonchev–Trinajstić information content (AvgIpc) is 2.18. The third kappa shape index (κ3) is 4.15. The first-order chi connectivity index (χ1) is 6.83. The Morgan fingerprint density at radius 3 is 3.21 bits per heavy atom. The fourth-order valence-electron chi connectivity index (χ4n) is 0.937. The van der Waals surface area contributed by atoms with E-state index in [4.69, 9.17) is 6.42 Å². The highest BCUT2D eigenvalue weighted by molar-refractivity contribution is 7.99. The van der Waals surface area contributed by atoms with Crippen molar-refractivity contribution in [1.82, 2.24) is 9.97 Å². The minimum atomic E-state index is 0.768. The zero-order chi connectivity index (χ0) is 10.2. The molecule has 3 nitrogen and oxygen atoms in total. The van der Waals surface area contributed by atoms with E-state index in [9.17, 15) is 0 Å². The average molecular weight is 207 g/mol. The molecule has 0 saturated carbocycles. The first-order valence-electron chi connectivity index (χ1n) is 4.37. The van der Waals surface area contributed by atoms with Crippen LogP contribution in [-0.2, 0) is 0 Å². The Balaban J connectivity index is 2.22. The third-order valence-electron chi connectivity index (χ3n) is 1.51. The van der Waals surface area contributed by atoms with Gasteiger partial charge < -0.3 is 5.32 Å². The van der Waals surface area contributed by atoms with E-state index in [0.717, 1.165) is 29.7 Å². The van der Waals surface area contributed by atoms with Crippen LogP contribution >= 0.6 is 11.8 Å². The summed E-state index contributed by atoms with van der Waals surface area (Å²) in [5.74, 6) is 6.00. The second kappa shape index (κ2) is 6.28. The SMILES string of the molecule is C#CCSCCNc1ccnc(C)n1. The Morgan fingerprint density at radius 1 is 1.64 bits per heavy atom. The second-order valence-electron chi connectivity index (χ2n) is 2.67. The van der Waals surface area contributed by atoms with Gasteiger partial charge in [0.05, 0.1) is 5.75 Å². The molecule has 14 heavy (non-hydrogen) atoms. The van der Waals surface area contributed by atoms with E-state index in [1.807, 2.05) is 13.0 Å². The molecule has 0 aromatic carbocycles. The summed E-state index contributed by atoms with van der Waals surface area (Å²) >= 11 is 1.73. The lowest BCUT2D eigenvalue weighted by atomic mass is 10.5. The fraction of sp³-hybridized carbons (Fsp3) is 0.400. The van der Waals surface area contributed by atoms with Crippen molar-refractivity contribution in [2.75, 3.05) is 23.4 Å². The van der Waals surface area contributed by atoms with E-state index in [1.165, 1.54) is 0 Å². The number of hydrogen-bond acceptors (Lipinski definition) is 4. The van der Waals surface area contributed by atoms with Crippen LogP contribution in [0, 0.1) is 19.3 Å². The van der Waals surface area contributed by atoms with Crippen LogP contribution in [0.4, 0.5) is 5.82 Å². The largest absolute Gasteiger partial charge is 0.369 e. The number of nitrogens with zero attached hydrogens (tertiary/aromatic N) is 2. The third-order valence-corrected chi connectivity index (χ3v) is 2.38. The van der Waals surface area contributed by atoms with Crippen LogP contribution in [-0.4, -0.2) is 28.0 Å².